The molecule has 3 nitrogen and oxygen atoms in total. The van der Waals surface area contributed by atoms with Crippen LogP contribution in [-0.4, -0.2) is 12.6 Å². The van der Waals surface area contributed by atoms with Gasteiger partial charge in [-0.25, -0.2) is 4.79 Å². The third-order valence-corrected chi connectivity index (χ3v) is 3.41. The van der Waals surface area contributed by atoms with Crippen molar-refractivity contribution in [1.82, 2.24) is 5.32 Å². The molecular formula is C16H16Cl2N2O. The van der Waals surface area contributed by atoms with E-state index in [0.29, 0.717) is 17.3 Å². The van der Waals surface area contributed by atoms with E-state index < -0.39 is 0 Å². The molecule has 0 bridgehead atoms. The summed E-state index contributed by atoms with van der Waals surface area (Å²) in [5.74, 6) is 0. The molecule has 5 heteroatoms. The highest BCUT2D eigenvalue weighted by molar-refractivity contribution is 6.31. The van der Waals surface area contributed by atoms with E-state index in [1.165, 1.54) is 5.56 Å². The van der Waals surface area contributed by atoms with E-state index in [2.05, 4.69) is 10.6 Å². The normalized spacial score (nSPS) is 10.2. The fourth-order valence-corrected chi connectivity index (χ4v) is 2.20. The van der Waals surface area contributed by atoms with Crippen LogP contribution in [0.4, 0.5) is 10.5 Å². The molecule has 0 heterocycles. The molecule has 2 rings (SSSR count). The molecule has 21 heavy (non-hydrogen) atoms. The minimum atomic E-state index is -0.228. The van der Waals surface area contributed by atoms with Crippen LogP contribution in [0.1, 0.15) is 12.0 Å². The van der Waals surface area contributed by atoms with Crippen LogP contribution in [0, 0.1) is 0 Å². The van der Waals surface area contributed by atoms with Crippen LogP contribution in [0.3, 0.4) is 0 Å². The van der Waals surface area contributed by atoms with Crippen molar-refractivity contribution < 1.29 is 4.79 Å². The fourth-order valence-electron chi connectivity index (χ4n) is 1.89. The van der Waals surface area contributed by atoms with Gasteiger partial charge >= 0.3 is 6.03 Å². The van der Waals surface area contributed by atoms with Crippen LogP contribution >= 0.6 is 23.2 Å². The monoisotopic (exact) mass is 322 g/mol. The third kappa shape index (κ3) is 5.66. The Bertz CT molecular complexity index is 599. The number of carbonyl (C=O) groups excluding carboxylic acids is 1. The number of hydrogen-bond acceptors (Lipinski definition) is 1. The van der Waals surface area contributed by atoms with Gasteiger partial charge in [-0.3, -0.25) is 0 Å². The van der Waals surface area contributed by atoms with Gasteiger partial charge in [-0.2, -0.15) is 0 Å². The molecule has 2 amide bonds. The zero-order chi connectivity index (χ0) is 15.1. The second-order valence-corrected chi connectivity index (χ2v) is 5.49. The number of amides is 2. The zero-order valence-corrected chi connectivity index (χ0v) is 12.9. The molecule has 110 valence electrons. The molecule has 0 aliphatic carbocycles. The van der Waals surface area contributed by atoms with Gasteiger partial charge in [0.15, 0.2) is 0 Å². The van der Waals surface area contributed by atoms with Gasteiger partial charge < -0.3 is 10.6 Å². The predicted molar refractivity (Wildman–Crippen MR) is 88.2 cm³/mol. The van der Waals surface area contributed by atoms with Crippen molar-refractivity contribution in [1.29, 1.82) is 0 Å². The quantitative estimate of drug-likeness (QED) is 0.766. The lowest BCUT2D eigenvalue weighted by Gasteiger charge is -2.08. The molecule has 0 aliphatic rings. The molecular weight excluding hydrogens is 307 g/mol. The molecule has 0 aromatic heterocycles. The Kier molecular flexibility index (Phi) is 5.90. The van der Waals surface area contributed by atoms with E-state index in [9.17, 15) is 4.79 Å². The van der Waals surface area contributed by atoms with Gasteiger partial charge in [-0.1, -0.05) is 41.4 Å². The van der Waals surface area contributed by atoms with E-state index in [4.69, 9.17) is 23.2 Å². The lowest BCUT2D eigenvalue weighted by atomic mass is 10.1. The molecule has 2 N–H and O–H groups in total. The van der Waals surface area contributed by atoms with E-state index in [0.717, 1.165) is 17.9 Å². The second kappa shape index (κ2) is 7.91. The number of anilines is 1. The predicted octanol–water partition coefficient (Wildman–Crippen LogP) is 4.75. The Balaban J connectivity index is 1.68. The molecule has 2 aromatic rings. The number of halogens is 2. The van der Waals surface area contributed by atoms with Gasteiger partial charge in [-0.15, -0.1) is 0 Å². The summed E-state index contributed by atoms with van der Waals surface area (Å²) in [7, 11) is 0. The topological polar surface area (TPSA) is 41.1 Å². The Morgan fingerprint density at radius 1 is 1.00 bits per heavy atom. The van der Waals surface area contributed by atoms with E-state index in [-0.39, 0.29) is 6.03 Å². The highest BCUT2D eigenvalue weighted by Crippen LogP contribution is 2.14. The van der Waals surface area contributed by atoms with E-state index in [1.54, 1.807) is 24.3 Å². The summed E-state index contributed by atoms with van der Waals surface area (Å²) in [6.45, 7) is 0.606. The van der Waals surface area contributed by atoms with E-state index in [1.807, 2.05) is 24.3 Å². The van der Waals surface area contributed by atoms with Crippen LogP contribution in [0.25, 0.3) is 0 Å². The second-order valence-electron chi connectivity index (χ2n) is 4.62. The third-order valence-electron chi connectivity index (χ3n) is 2.92. The first-order valence-electron chi connectivity index (χ1n) is 6.68. The van der Waals surface area contributed by atoms with Gasteiger partial charge in [-0.05, 0) is 48.7 Å². The number of carbonyl (C=O) groups is 1. The average molecular weight is 323 g/mol. The molecule has 0 saturated heterocycles. The Morgan fingerprint density at radius 2 is 1.76 bits per heavy atom. The lowest BCUT2D eigenvalue weighted by molar-refractivity contribution is 0.252. The summed E-state index contributed by atoms with van der Waals surface area (Å²) < 4.78 is 0. The number of hydrogen-bond donors (Lipinski definition) is 2. The van der Waals surface area contributed by atoms with Crippen molar-refractivity contribution in [3.8, 4) is 0 Å². The maximum absolute atomic E-state index is 11.7. The molecule has 0 fully saturated rings. The number of aryl methyl sites for hydroxylation is 1. The molecule has 0 spiro atoms. The van der Waals surface area contributed by atoms with Crippen molar-refractivity contribution >= 4 is 34.9 Å². The van der Waals surface area contributed by atoms with Gasteiger partial charge in [0.05, 0.1) is 0 Å². The SMILES string of the molecule is O=C(NCCCc1ccc(Cl)cc1)Nc1cccc(Cl)c1. The largest absolute Gasteiger partial charge is 0.338 e. The average Bonchev–Trinajstić information content (AvgIpc) is 2.45. The maximum atomic E-state index is 11.7. The van der Waals surface area contributed by atoms with Gasteiger partial charge in [0, 0.05) is 22.3 Å². The maximum Gasteiger partial charge on any atom is 0.319 e. The molecule has 0 unspecified atom stereocenters. The first-order valence-corrected chi connectivity index (χ1v) is 7.44. The smallest absolute Gasteiger partial charge is 0.319 e. The fraction of sp³-hybridized carbons (Fsp3) is 0.188. The first kappa shape index (κ1) is 15.7. The Hall–Kier alpha value is -1.71. The van der Waals surface area contributed by atoms with E-state index >= 15 is 0 Å². The Labute approximate surface area is 134 Å². The summed E-state index contributed by atoms with van der Waals surface area (Å²) >= 11 is 11.7. The summed E-state index contributed by atoms with van der Waals surface area (Å²) in [4.78, 5) is 11.7. The molecule has 0 saturated carbocycles. The van der Waals surface area contributed by atoms with Gasteiger partial charge in [0.25, 0.3) is 0 Å². The highest BCUT2D eigenvalue weighted by Gasteiger charge is 2.01. The first-order chi connectivity index (χ1) is 10.1. The van der Waals surface area contributed by atoms with Crippen LogP contribution in [0.5, 0.6) is 0 Å². The Morgan fingerprint density at radius 3 is 2.48 bits per heavy atom. The summed E-state index contributed by atoms with van der Waals surface area (Å²) in [6.07, 6.45) is 1.76. The highest BCUT2D eigenvalue weighted by atomic mass is 35.5. The van der Waals surface area contributed by atoms with Crippen LogP contribution < -0.4 is 10.6 Å². The number of urea groups is 1. The van der Waals surface area contributed by atoms with Crippen molar-refractivity contribution in [2.45, 2.75) is 12.8 Å². The molecule has 0 atom stereocenters. The van der Waals surface area contributed by atoms with Crippen LogP contribution in [0.15, 0.2) is 48.5 Å². The minimum Gasteiger partial charge on any atom is -0.338 e. The minimum absolute atomic E-state index is 0.228. The summed E-state index contributed by atoms with van der Waals surface area (Å²) in [5.41, 5.74) is 1.88. The zero-order valence-electron chi connectivity index (χ0n) is 11.4. The standard InChI is InChI=1S/C16H16Cl2N2O/c17-13-8-6-12(7-9-13)3-2-10-19-16(21)20-15-5-1-4-14(18)11-15/h1,4-9,11H,2-3,10H2,(H2,19,20,21). The van der Waals surface area contributed by atoms with Crippen LogP contribution in [0.2, 0.25) is 10.0 Å². The number of rotatable bonds is 5. The summed E-state index contributed by atoms with van der Waals surface area (Å²) in [5, 5.41) is 6.88. The molecule has 0 radical (unpaired) electrons. The van der Waals surface area contributed by atoms with Gasteiger partial charge in [0.1, 0.15) is 0 Å². The van der Waals surface area contributed by atoms with Crippen molar-refractivity contribution in [2.24, 2.45) is 0 Å². The van der Waals surface area contributed by atoms with Gasteiger partial charge in [0.2, 0.25) is 0 Å². The number of benzene rings is 2. The van der Waals surface area contributed by atoms with Crippen molar-refractivity contribution in [2.75, 3.05) is 11.9 Å². The number of nitrogens with one attached hydrogen (secondary N) is 2. The lowest BCUT2D eigenvalue weighted by Crippen LogP contribution is -2.29. The molecule has 2 aromatic carbocycles. The molecule has 0 aliphatic heterocycles. The van der Waals surface area contributed by atoms with Crippen LogP contribution in [-0.2, 0) is 6.42 Å². The van der Waals surface area contributed by atoms with Crippen molar-refractivity contribution in [3.05, 3.63) is 64.1 Å². The van der Waals surface area contributed by atoms with Crippen molar-refractivity contribution in [3.63, 3.8) is 0 Å². The summed E-state index contributed by atoms with van der Waals surface area (Å²) in [6, 6.07) is 14.5.